The van der Waals surface area contributed by atoms with Crippen LogP contribution in [-0.4, -0.2) is 34.2 Å². The Hall–Kier alpha value is -6.24. The molecule has 346 valence electrons. The zero-order valence-corrected chi connectivity index (χ0v) is 40.8. The van der Waals surface area contributed by atoms with Crippen LogP contribution in [0.3, 0.4) is 0 Å². The van der Waals surface area contributed by atoms with Gasteiger partial charge in [0.1, 0.15) is 11.3 Å². The molecule has 0 saturated heterocycles. The average molecular weight is 912 g/mol. The topological polar surface area (TPSA) is 64.0 Å². The number of hydrogen-bond donors (Lipinski definition) is 2. The molecular weight excluding hydrogens is 844 g/mol. The van der Waals surface area contributed by atoms with Crippen LogP contribution in [0.2, 0.25) is 5.02 Å². The van der Waals surface area contributed by atoms with Gasteiger partial charge in [0.25, 0.3) is 0 Å². The van der Waals surface area contributed by atoms with Crippen molar-refractivity contribution >= 4 is 23.3 Å². The quantitative estimate of drug-likeness (QED) is 0.0525. The van der Waals surface area contributed by atoms with E-state index in [1.807, 2.05) is 19.1 Å². The molecule has 0 atom stereocenters. The van der Waals surface area contributed by atoms with E-state index in [9.17, 15) is 15.0 Å². The van der Waals surface area contributed by atoms with Gasteiger partial charge in [-0.15, -0.1) is 0 Å². The maximum absolute atomic E-state index is 12.7. The molecule has 0 unspecified atom stereocenters. The summed E-state index contributed by atoms with van der Waals surface area (Å²) in [5, 5.41) is 22.6. The third-order valence-corrected chi connectivity index (χ3v) is 12.7. The summed E-state index contributed by atoms with van der Waals surface area (Å²) in [6, 6.07) is 43.6. The van der Waals surface area contributed by atoms with Crippen molar-refractivity contribution in [2.75, 3.05) is 18.0 Å². The molecule has 0 bridgehead atoms. The summed E-state index contributed by atoms with van der Waals surface area (Å²) in [6.45, 7) is 11.7. The Labute approximate surface area is 405 Å². The van der Waals surface area contributed by atoms with Gasteiger partial charge in [-0.05, 0) is 151 Å². The van der Waals surface area contributed by atoms with E-state index in [0.29, 0.717) is 30.2 Å². The minimum Gasteiger partial charge on any atom is -0.507 e. The van der Waals surface area contributed by atoms with Crippen LogP contribution in [0.15, 0.2) is 127 Å². The largest absolute Gasteiger partial charge is 0.507 e. The molecule has 2 N–H and O–H groups in total. The lowest BCUT2D eigenvalue weighted by atomic mass is 9.97. The van der Waals surface area contributed by atoms with Gasteiger partial charge < -0.3 is 15.1 Å². The normalized spacial score (nSPS) is 10.9. The van der Waals surface area contributed by atoms with E-state index in [1.165, 1.54) is 42.4 Å². The predicted molar refractivity (Wildman–Crippen MR) is 279 cm³/mol. The van der Waals surface area contributed by atoms with E-state index in [1.54, 1.807) is 6.07 Å². The van der Waals surface area contributed by atoms with Gasteiger partial charge in [0.15, 0.2) is 0 Å². The standard InChI is InChI=1S/C61H67ClN2O3/c1-5-8-11-12-40-64(44-55-33-29-52(30-34-55)26-24-50-21-17-48(18-22-50)14-10-7-3)59-42-57(61(66)67)60(65)46(4)58(59)45-63(41-39-53-35-37-56(62)38-36-53)43-54-31-27-51(28-32-54)25-23-49-19-15-47(16-20-49)13-9-6-2/h15-22,27-38,42,65H,5-14,39-41,43-45H2,1-4H3,(H,66,67). The number of unbranched alkanes of at least 4 members (excludes halogenated alkanes) is 5. The van der Waals surface area contributed by atoms with E-state index < -0.39 is 5.97 Å². The highest BCUT2D eigenvalue weighted by Gasteiger charge is 2.24. The van der Waals surface area contributed by atoms with Gasteiger partial charge in [0.05, 0.1) is 0 Å². The summed E-state index contributed by atoms with van der Waals surface area (Å²) in [4.78, 5) is 17.4. The first-order chi connectivity index (χ1) is 32.6. The zero-order valence-electron chi connectivity index (χ0n) is 40.0. The van der Waals surface area contributed by atoms with E-state index >= 15 is 0 Å². The van der Waals surface area contributed by atoms with Crippen molar-refractivity contribution in [2.45, 2.75) is 118 Å². The Kier molecular flexibility index (Phi) is 19.6. The first kappa shape index (κ1) is 50.2. The SMILES string of the molecule is CCCCCCN(Cc1ccc(C#Cc2ccc(CCCC)cc2)cc1)c1cc(C(=O)O)c(O)c(C)c1CN(CCc1ccc(Cl)cc1)Cc1ccc(C#Cc2ccc(CCCC)cc2)cc1. The molecular formula is C61H67ClN2O3. The molecule has 67 heavy (non-hydrogen) atoms. The van der Waals surface area contributed by atoms with Gasteiger partial charge in [-0.3, -0.25) is 4.90 Å². The van der Waals surface area contributed by atoms with E-state index in [0.717, 1.165) is 103 Å². The molecule has 0 saturated carbocycles. The van der Waals surface area contributed by atoms with Crippen LogP contribution in [0.25, 0.3) is 0 Å². The van der Waals surface area contributed by atoms with Gasteiger partial charge in [-0.25, -0.2) is 4.79 Å². The van der Waals surface area contributed by atoms with E-state index in [-0.39, 0.29) is 11.3 Å². The Balaban J connectivity index is 1.28. The number of aryl methyl sites for hydroxylation is 2. The summed E-state index contributed by atoms with van der Waals surface area (Å²) < 4.78 is 0. The van der Waals surface area contributed by atoms with Crippen molar-refractivity contribution < 1.29 is 15.0 Å². The number of aromatic carboxylic acids is 1. The highest BCUT2D eigenvalue weighted by Crippen LogP contribution is 2.36. The fourth-order valence-corrected chi connectivity index (χ4v) is 8.42. The third kappa shape index (κ3) is 15.7. The highest BCUT2D eigenvalue weighted by atomic mass is 35.5. The van der Waals surface area contributed by atoms with Crippen molar-refractivity contribution in [3.8, 4) is 29.4 Å². The lowest BCUT2D eigenvalue weighted by Gasteiger charge is -2.32. The highest BCUT2D eigenvalue weighted by molar-refractivity contribution is 6.30. The van der Waals surface area contributed by atoms with Crippen LogP contribution in [0.4, 0.5) is 5.69 Å². The van der Waals surface area contributed by atoms with Crippen LogP contribution in [-0.2, 0) is 38.9 Å². The summed E-state index contributed by atoms with van der Waals surface area (Å²) in [7, 11) is 0. The van der Waals surface area contributed by atoms with Crippen LogP contribution < -0.4 is 4.90 Å². The van der Waals surface area contributed by atoms with Crippen LogP contribution >= 0.6 is 11.6 Å². The molecule has 0 aliphatic carbocycles. The number of phenols is 1. The first-order valence-corrected chi connectivity index (χ1v) is 24.7. The second-order valence-corrected chi connectivity index (χ2v) is 18.2. The fourth-order valence-electron chi connectivity index (χ4n) is 8.29. The Bertz CT molecular complexity index is 2610. The molecule has 0 heterocycles. The molecule has 6 heteroatoms. The Morgan fingerprint density at radius 2 is 0.955 bits per heavy atom. The average Bonchev–Trinajstić information content (AvgIpc) is 3.35. The Morgan fingerprint density at radius 1 is 0.522 bits per heavy atom. The van der Waals surface area contributed by atoms with Crippen LogP contribution in [0, 0.1) is 30.6 Å². The lowest BCUT2D eigenvalue weighted by molar-refractivity contribution is 0.0693. The monoisotopic (exact) mass is 910 g/mol. The van der Waals surface area contributed by atoms with E-state index in [4.69, 9.17) is 11.6 Å². The number of halogens is 1. The summed E-state index contributed by atoms with van der Waals surface area (Å²) in [5.41, 5.74) is 12.2. The molecule has 0 spiro atoms. The summed E-state index contributed by atoms with van der Waals surface area (Å²) >= 11 is 6.27. The number of hydrogen-bond acceptors (Lipinski definition) is 4. The smallest absolute Gasteiger partial charge is 0.339 e. The van der Waals surface area contributed by atoms with Gasteiger partial charge in [0.2, 0.25) is 0 Å². The molecule has 0 aromatic heterocycles. The van der Waals surface area contributed by atoms with Gasteiger partial charge in [0, 0.05) is 65.7 Å². The van der Waals surface area contributed by atoms with Crippen molar-refractivity contribution in [3.63, 3.8) is 0 Å². The predicted octanol–water partition coefficient (Wildman–Crippen LogP) is 14.4. The van der Waals surface area contributed by atoms with Gasteiger partial charge >= 0.3 is 5.97 Å². The fraction of sp³-hybridized carbons (Fsp3) is 0.328. The number of nitrogens with zero attached hydrogens (tertiary/aromatic N) is 2. The first-order valence-electron chi connectivity index (χ1n) is 24.3. The maximum atomic E-state index is 12.7. The van der Waals surface area contributed by atoms with Crippen molar-refractivity contribution in [3.05, 3.63) is 199 Å². The van der Waals surface area contributed by atoms with Gasteiger partial charge in [-0.2, -0.15) is 0 Å². The number of carbonyl (C=O) groups is 1. The number of rotatable bonds is 22. The molecule has 0 fully saturated rings. The molecule has 0 aliphatic rings. The minimum absolute atomic E-state index is 0.0873. The second kappa shape index (κ2) is 26.2. The van der Waals surface area contributed by atoms with Crippen LogP contribution in [0.5, 0.6) is 5.75 Å². The third-order valence-electron chi connectivity index (χ3n) is 12.5. The number of benzene rings is 6. The maximum Gasteiger partial charge on any atom is 0.339 e. The zero-order chi connectivity index (χ0) is 47.4. The summed E-state index contributed by atoms with van der Waals surface area (Å²) in [5.74, 6) is 12.0. The molecule has 6 aromatic carbocycles. The summed E-state index contributed by atoms with van der Waals surface area (Å²) in [6.07, 6.45) is 12.0. The molecule has 0 aliphatic heterocycles. The van der Waals surface area contributed by atoms with Crippen LogP contribution in [0.1, 0.15) is 144 Å². The molecule has 0 amide bonds. The van der Waals surface area contributed by atoms with E-state index in [2.05, 4.69) is 163 Å². The lowest BCUT2D eigenvalue weighted by Crippen LogP contribution is -2.30. The number of carboxylic acid groups (broad SMARTS) is 1. The number of anilines is 1. The number of carboxylic acids is 1. The molecule has 0 radical (unpaired) electrons. The molecule has 6 aromatic rings. The van der Waals surface area contributed by atoms with Gasteiger partial charge in [-0.1, -0.05) is 149 Å². The van der Waals surface area contributed by atoms with Crippen molar-refractivity contribution in [1.82, 2.24) is 4.90 Å². The second-order valence-electron chi connectivity index (χ2n) is 17.8. The molecule has 6 rings (SSSR count). The number of aromatic hydroxyl groups is 1. The Morgan fingerprint density at radius 3 is 1.42 bits per heavy atom. The van der Waals surface area contributed by atoms with Crippen molar-refractivity contribution in [1.29, 1.82) is 0 Å². The molecule has 5 nitrogen and oxygen atoms in total. The minimum atomic E-state index is -1.15. The van der Waals surface area contributed by atoms with Crippen molar-refractivity contribution in [2.24, 2.45) is 0 Å².